The van der Waals surface area contributed by atoms with Gasteiger partial charge in [0.1, 0.15) is 0 Å². The van der Waals surface area contributed by atoms with Crippen molar-refractivity contribution in [3.63, 3.8) is 0 Å². The number of amides is 1. The summed E-state index contributed by atoms with van der Waals surface area (Å²) in [4.78, 5) is 13.7. The van der Waals surface area contributed by atoms with Gasteiger partial charge in [0.2, 0.25) is 0 Å². The molecule has 3 rings (SSSR count). The minimum Gasteiger partial charge on any atom is -1.00 e. The van der Waals surface area contributed by atoms with E-state index in [4.69, 9.17) is 0 Å². The average molecular weight is 505 g/mol. The number of carbonyl (C=O) groups excluding carboxylic acids is 1. The molecule has 0 bridgehead atoms. The molecular formula is C24H40Cl2NOSiTi. The van der Waals surface area contributed by atoms with Crippen LogP contribution in [-0.4, -0.2) is 14.7 Å². The normalized spacial score (nSPS) is 34.7. The third-order valence-corrected chi connectivity index (χ3v) is 11.0. The van der Waals surface area contributed by atoms with E-state index in [0.29, 0.717) is 29.2 Å². The Kier molecular flexibility index (Phi) is 13.2. The minimum absolute atomic E-state index is 0. The summed E-state index contributed by atoms with van der Waals surface area (Å²) in [6.45, 7) is 5.02. The summed E-state index contributed by atoms with van der Waals surface area (Å²) in [5.41, 5.74) is 0.526. The number of carbonyl (C=O) groups is 1. The van der Waals surface area contributed by atoms with Crippen LogP contribution in [0.1, 0.15) is 77.0 Å². The second-order valence-corrected chi connectivity index (χ2v) is 13.7. The number of hydrogen-bond donors (Lipinski definition) is 1. The van der Waals surface area contributed by atoms with Gasteiger partial charge in [-0.25, -0.2) is 0 Å². The van der Waals surface area contributed by atoms with Crippen LogP contribution in [0.4, 0.5) is 0 Å². The fourth-order valence-corrected chi connectivity index (χ4v) is 9.73. The third-order valence-electron chi connectivity index (χ3n) is 8.08. The predicted molar refractivity (Wildman–Crippen MR) is 117 cm³/mol. The Labute approximate surface area is 211 Å². The number of nitrogens with one attached hydrogen (secondary N) is 1. The van der Waals surface area contributed by atoms with Crippen molar-refractivity contribution in [3.05, 3.63) is 24.3 Å². The third kappa shape index (κ3) is 6.50. The molecule has 0 aromatic rings. The summed E-state index contributed by atoms with van der Waals surface area (Å²) >= 11 is 1.89. The van der Waals surface area contributed by atoms with Crippen molar-refractivity contribution in [2.45, 2.75) is 95.7 Å². The van der Waals surface area contributed by atoms with E-state index in [1.165, 1.54) is 70.6 Å². The zero-order valence-electron chi connectivity index (χ0n) is 18.8. The SMILES string of the molecule is C[SiH](C)C1CCCCCCCCCCC1(C(=O)[NH][Ti+2])C1CC2C=CC=CC2C1.[Cl-].[Cl-]. The number of rotatable bonds is 3. The molecule has 0 radical (unpaired) electrons. The molecule has 0 heterocycles. The molecule has 1 N–H and O–H groups in total. The summed E-state index contributed by atoms with van der Waals surface area (Å²) in [6.07, 6.45) is 24.9. The molecule has 0 aromatic carbocycles. The molecule has 4 atom stereocenters. The number of allylic oxidation sites excluding steroid dienone is 4. The zero-order valence-corrected chi connectivity index (χ0v) is 23.1. The topological polar surface area (TPSA) is 29.1 Å². The van der Waals surface area contributed by atoms with Gasteiger partial charge in [0.25, 0.3) is 0 Å². The second-order valence-electron chi connectivity index (χ2n) is 9.98. The van der Waals surface area contributed by atoms with Crippen LogP contribution in [0.5, 0.6) is 0 Å². The van der Waals surface area contributed by atoms with E-state index in [1.54, 1.807) is 0 Å². The number of fused-ring (bicyclic) bond motifs is 1. The molecule has 0 spiro atoms. The smallest absolute Gasteiger partial charge is 1.00 e. The molecule has 30 heavy (non-hydrogen) atoms. The summed E-state index contributed by atoms with van der Waals surface area (Å²) in [5, 5.41) is 0. The van der Waals surface area contributed by atoms with Crippen LogP contribution in [0.25, 0.3) is 0 Å². The quantitative estimate of drug-likeness (QED) is 0.542. The van der Waals surface area contributed by atoms with Gasteiger partial charge < -0.3 is 24.8 Å². The Morgan fingerprint density at radius 2 is 1.40 bits per heavy atom. The molecule has 0 aromatic heterocycles. The molecule has 6 heteroatoms. The van der Waals surface area contributed by atoms with Crippen molar-refractivity contribution in [3.8, 4) is 0 Å². The van der Waals surface area contributed by atoms with Crippen molar-refractivity contribution in [2.24, 2.45) is 23.2 Å². The van der Waals surface area contributed by atoms with Gasteiger partial charge in [0.05, 0.1) is 0 Å². The van der Waals surface area contributed by atoms with Gasteiger partial charge in [-0.05, 0) is 0 Å². The maximum absolute atomic E-state index is 13.7. The van der Waals surface area contributed by atoms with Gasteiger partial charge in [0.15, 0.2) is 0 Å². The monoisotopic (exact) mass is 504 g/mol. The van der Waals surface area contributed by atoms with Crippen molar-refractivity contribution in [1.82, 2.24) is 3.80 Å². The molecule has 2 nitrogen and oxygen atoms in total. The summed E-state index contributed by atoms with van der Waals surface area (Å²) in [5.74, 6) is 2.25. The van der Waals surface area contributed by atoms with E-state index in [2.05, 4.69) is 41.2 Å². The van der Waals surface area contributed by atoms with Crippen LogP contribution in [0.15, 0.2) is 24.3 Å². The van der Waals surface area contributed by atoms with E-state index in [9.17, 15) is 4.79 Å². The van der Waals surface area contributed by atoms with Gasteiger partial charge in [-0.1, -0.05) is 0 Å². The zero-order chi connectivity index (χ0) is 20.0. The Balaban J connectivity index is 0.00000225. The first-order chi connectivity index (χ1) is 13.6. The second kappa shape index (κ2) is 13.9. The summed E-state index contributed by atoms with van der Waals surface area (Å²) in [7, 11) is -0.953. The molecule has 169 valence electrons. The summed E-state index contributed by atoms with van der Waals surface area (Å²) < 4.78 is 3.18. The molecular weight excluding hydrogens is 465 g/mol. The Hall–Kier alpha value is 0.461. The molecule has 3 aliphatic carbocycles. The van der Waals surface area contributed by atoms with Gasteiger partial charge in [-0.3, -0.25) is 0 Å². The van der Waals surface area contributed by atoms with E-state index in [0.717, 1.165) is 6.42 Å². The maximum atomic E-state index is 13.7. The molecule has 1 amide bonds. The van der Waals surface area contributed by atoms with Gasteiger partial charge >= 0.3 is 187 Å². The largest absolute Gasteiger partial charge is 1.00 e. The predicted octanol–water partition coefficient (Wildman–Crippen LogP) is 0.0987. The standard InChI is InChI=1S/C24H41NOSi.2ClH.Ti/c1-27(2)22-15-9-7-5-3-4-6-8-12-16-24(22,23(25)26)21-17-19-13-10-11-14-20(19)18-21;;;/h10-11,13-14,19-22,27H,3-9,12,15-18H2,1-2H3,(H2,25,26);2*1H;/q;;;+3/p-3. The molecule has 2 fully saturated rings. The Bertz CT molecular complexity index is 566. The Morgan fingerprint density at radius 1 is 0.900 bits per heavy atom. The first-order valence-electron chi connectivity index (χ1n) is 11.9. The van der Waals surface area contributed by atoms with Crippen molar-refractivity contribution in [1.29, 1.82) is 0 Å². The van der Waals surface area contributed by atoms with Crippen LogP contribution in [0.3, 0.4) is 0 Å². The molecule has 3 aliphatic rings. The van der Waals surface area contributed by atoms with Crippen LogP contribution in [0, 0.1) is 23.2 Å². The fourth-order valence-electron chi connectivity index (χ4n) is 6.68. The first kappa shape index (κ1) is 28.5. The number of hydrogen-bond acceptors (Lipinski definition) is 1. The minimum atomic E-state index is -0.953. The number of halogens is 2. The van der Waals surface area contributed by atoms with Crippen molar-refractivity contribution >= 4 is 14.7 Å². The van der Waals surface area contributed by atoms with Crippen LogP contribution < -0.4 is 28.6 Å². The van der Waals surface area contributed by atoms with E-state index < -0.39 is 8.80 Å². The van der Waals surface area contributed by atoms with Crippen LogP contribution in [-0.2, 0) is 25.5 Å². The fraction of sp³-hybridized carbons (Fsp3) is 0.792. The molecule has 0 saturated heterocycles. The molecule has 2 saturated carbocycles. The molecule has 0 aliphatic heterocycles. The van der Waals surface area contributed by atoms with Gasteiger partial charge in [0, 0.05) is 0 Å². The van der Waals surface area contributed by atoms with Crippen molar-refractivity contribution in [2.75, 3.05) is 0 Å². The maximum Gasteiger partial charge on any atom is -1.00 e. The Morgan fingerprint density at radius 3 is 1.90 bits per heavy atom. The molecule has 4 unspecified atom stereocenters. The van der Waals surface area contributed by atoms with Gasteiger partial charge in [-0.15, -0.1) is 0 Å². The van der Waals surface area contributed by atoms with Crippen LogP contribution in [0.2, 0.25) is 18.6 Å². The summed E-state index contributed by atoms with van der Waals surface area (Å²) in [6, 6.07) is 0. The van der Waals surface area contributed by atoms with E-state index in [-0.39, 0.29) is 30.2 Å². The van der Waals surface area contributed by atoms with Crippen molar-refractivity contribution < 1.29 is 50.3 Å². The first-order valence-corrected chi connectivity index (χ1v) is 15.7. The van der Waals surface area contributed by atoms with Crippen LogP contribution >= 0.6 is 0 Å². The van der Waals surface area contributed by atoms with E-state index >= 15 is 0 Å². The van der Waals surface area contributed by atoms with E-state index in [1.807, 2.05) is 20.7 Å². The average Bonchev–Trinajstić information content (AvgIpc) is 3.12. The van der Waals surface area contributed by atoms with Gasteiger partial charge in [-0.2, -0.15) is 0 Å².